The zero-order chi connectivity index (χ0) is 13.7. The van der Waals surface area contributed by atoms with Crippen molar-refractivity contribution in [1.29, 1.82) is 0 Å². The van der Waals surface area contributed by atoms with Crippen LogP contribution in [0.15, 0.2) is 24.3 Å². The second kappa shape index (κ2) is 6.35. The first kappa shape index (κ1) is 14.3. The van der Waals surface area contributed by atoms with E-state index in [1.54, 1.807) is 13.0 Å². The number of morpholine rings is 1. The Morgan fingerprint density at radius 2 is 2.37 bits per heavy atom. The average molecular weight is 267 g/mol. The van der Waals surface area contributed by atoms with Crippen molar-refractivity contribution >= 4 is 0 Å². The minimum absolute atomic E-state index is 0.0690. The van der Waals surface area contributed by atoms with Gasteiger partial charge in [0.05, 0.1) is 19.8 Å². The number of nitrogens with one attached hydrogen (secondary N) is 1. The number of benzene rings is 1. The van der Waals surface area contributed by atoms with Crippen molar-refractivity contribution in [2.75, 3.05) is 26.4 Å². The fourth-order valence-electron chi connectivity index (χ4n) is 2.41. The maximum Gasteiger partial charge on any atom is 0.134 e. The highest BCUT2D eigenvalue weighted by molar-refractivity contribution is 5.32. The molecule has 4 heteroatoms. The summed E-state index contributed by atoms with van der Waals surface area (Å²) < 4.78 is 25.7. The molecule has 0 amide bonds. The first-order valence-corrected chi connectivity index (χ1v) is 6.85. The van der Waals surface area contributed by atoms with E-state index in [0.717, 1.165) is 12.3 Å². The van der Waals surface area contributed by atoms with Crippen LogP contribution in [0.25, 0.3) is 0 Å². The molecule has 1 N–H and O–H groups in total. The van der Waals surface area contributed by atoms with E-state index in [4.69, 9.17) is 9.47 Å². The van der Waals surface area contributed by atoms with E-state index in [1.165, 1.54) is 0 Å². The first-order chi connectivity index (χ1) is 9.12. The second-order valence-corrected chi connectivity index (χ2v) is 5.09. The molecule has 0 saturated carbocycles. The number of hydrogen-bond donors (Lipinski definition) is 1. The average Bonchev–Trinajstić information content (AvgIpc) is 2.40. The van der Waals surface area contributed by atoms with Crippen LogP contribution in [0.5, 0.6) is 5.75 Å². The largest absolute Gasteiger partial charge is 0.494 e. The van der Waals surface area contributed by atoms with Crippen molar-refractivity contribution in [3.8, 4) is 5.75 Å². The van der Waals surface area contributed by atoms with Crippen LogP contribution >= 0.6 is 0 Å². The van der Waals surface area contributed by atoms with Gasteiger partial charge in [-0.1, -0.05) is 12.1 Å². The normalized spacial score (nSPS) is 22.8. The number of rotatable bonds is 5. The number of alkyl halides is 1. The SMILES string of the molecule is CCOc1cccc(C(C)(F)CC2COCCN2)c1. The third kappa shape index (κ3) is 3.91. The molecule has 1 aliphatic heterocycles. The Morgan fingerprint density at radius 3 is 3.05 bits per heavy atom. The molecule has 0 aliphatic carbocycles. The summed E-state index contributed by atoms with van der Waals surface area (Å²) in [4.78, 5) is 0. The molecule has 3 nitrogen and oxygen atoms in total. The molecule has 2 atom stereocenters. The third-order valence-corrected chi connectivity index (χ3v) is 3.38. The Hall–Kier alpha value is -1.13. The summed E-state index contributed by atoms with van der Waals surface area (Å²) in [5.74, 6) is 0.719. The molecule has 1 aliphatic rings. The smallest absolute Gasteiger partial charge is 0.134 e. The van der Waals surface area contributed by atoms with Crippen molar-refractivity contribution in [2.24, 2.45) is 0 Å². The minimum Gasteiger partial charge on any atom is -0.494 e. The molecule has 1 fully saturated rings. The Balaban J connectivity index is 2.06. The van der Waals surface area contributed by atoms with Crippen LogP contribution in [0.4, 0.5) is 4.39 Å². The van der Waals surface area contributed by atoms with Gasteiger partial charge in [0.25, 0.3) is 0 Å². The van der Waals surface area contributed by atoms with Crippen molar-refractivity contribution in [1.82, 2.24) is 5.32 Å². The van der Waals surface area contributed by atoms with Gasteiger partial charge in [-0.05, 0) is 31.5 Å². The topological polar surface area (TPSA) is 30.5 Å². The standard InChI is InChI=1S/C15H22FNO2/c1-3-19-14-6-4-5-12(9-14)15(2,16)10-13-11-18-8-7-17-13/h4-6,9,13,17H,3,7-8,10-11H2,1-2H3. The van der Waals surface area contributed by atoms with E-state index in [9.17, 15) is 4.39 Å². The van der Waals surface area contributed by atoms with Gasteiger partial charge in [0, 0.05) is 19.0 Å². The number of hydrogen-bond acceptors (Lipinski definition) is 3. The summed E-state index contributed by atoms with van der Waals surface area (Å²) in [6, 6.07) is 7.35. The van der Waals surface area contributed by atoms with Crippen LogP contribution in [-0.2, 0) is 10.4 Å². The molecule has 2 unspecified atom stereocenters. The van der Waals surface area contributed by atoms with Gasteiger partial charge < -0.3 is 14.8 Å². The lowest BCUT2D eigenvalue weighted by Crippen LogP contribution is -2.44. The molecule has 1 heterocycles. The van der Waals surface area contributed by atoms with Crippen LogP contribution in [0, 0.1) is 0 Å². The Labute approximate surface area is 114 Å². The quantitative estimate of drug-likeness (QED) is 0.889. The van der Waals surface area contributed by atoms with Crippen LogP contribution < -0.4 is 10.1 Å². The molecule has 19 heavy (non-hydrogen) atoms. The lowest BCUT2D eigenvalue weighted by atomic mass is 9.90. The highest BCUT2D eigenvalue weighted by Gasteiger charge is 2.31. The van der Waals surface area contributed by atoms with E-state index < -0.39 is 5.67 Å². The van der Waals surface area contributed by atoms with Crippen molar-refractivity contribution in [2.45, 2.75) is 32.0 Å². The molecular weight excluding hydrogens is 245 g/mol. The molecule has 1 aromatic rings. The summed E-state index contributed by atoms with van der Waals surface area (Å²) >= 11 is 0. The van der Waals surface area contributed by atoms with E-state index >= 15 is 0 Å². The summed E-state index contributed by atoms with van der Waals surface area (Å²) in [5.41, 5.74) is -0.725. The molecule has 0 aromatic heterocycles. The summed E-state index contributed by atoms with van der Waals surface area (Å²) in [7, 11) is 0. The van der Waals surface area contributed by atoms with Crippen molar-refractivity contribution < 1.29 is 13.9 Å². The molecule has 0 spiro atoms. The van der Waals surface area contributed by atoms with Gasteiger partial charge in [-0.2, -0.15) is 0 Å². The zero-order valence-corrected chi connectivity index (χ0v) is 11.6. The Kier molecular flexibility index (Phi) is 4.77. The maximum atomic E-state index is 14.9. The third-order valence-electron chi connectivity index (χ3n) is 3.38. The van der Waals surface area contributed by atoms with Crippen LogP contribution in [0.1, 0.15) is 25.8 Å². The molecule has 0 radical (unpaired) electrons. The summed E-state index contributed by atoms with van der Waals surface area (Å²) in [6.07, 6.45) is 0.405. The molecule has 0 bridgehead atoms. The predicted octanol–water partition coefficient (Wildman–Crippen LogP) is 2.65. The monoisotopic (exact) mass is 267 g/mol. The van der Waals surface area contributed by atoms with E-state index in [1.807, 2.05) is 25.1 Å². The van der Waals surface area contributed by atoms with Gasteiger partial charge in [0.1, 0.15) is 11.4 Å². The molecular formula is C15H22FNO2. The summed E-state index contributed by atoms with van der Waals surface area (Å²) in [6.45, 7) is 6.20. The molecule has 106 valence electrons. The van der Waals surface area contributed by atoms with Gasteiger partial charge in [0.15, 0.2) is 0 Å². The molecule has 1 aromatic carbocycles. The highest BCUT2D eigenvalue weighted by atomic mass is 19.1. The molecule has 2 rings (SSSR count). The predicted molar refractivity (Wildman–Crippen MR) is 73.3 cm³/mol. The van der Waals surface area contributed by atoms with E-state index in [-0.39, 0.29) is 6.04 Å². The van der Waals surface area contributed by atoms with Gasteiger partial charge in [-0.15, -0.1) is 0 Å². The second-order valence-electron chi connectivity index (χ2n) is 5.09. The summed E-state index contributed by atoms with van der Waals surface area (Å²) in [5, 5.41) is 3.29. The van der Waals surface area contributed by atoms with Gasteiger partial charge in [-0.25, -0.2) is 4.39 Å². The van der Waals surface area contributed by atoms with Crippen molar-refractivity contribution in [3.63, 3.8) is 0 Å². The number of ether oxygens (including phenoxy) is 2. The fraction of sp³-hybridized carbons (Fsp3) is 0.600. The van der Waals surface area contributed by atoms with Gasteiger partial charge in [0.2, 0.25) is 0 Å². The molecule has 1 saturated heterocycles. The number of halogens is 1. The Morgan fingerprint density at radius 1 is 1.53 bits per heavy atom. The van der Waals surface area contributed by atoms with Crippen LogP contribution in [0.2, 0.25) is 0 Å². The lowest BCUT2D eigenvalue weighted by Gasteiger charge is -2.30. The van der Waals surface area contributed by atoms with E-state index in [0.29, 0.717) is 31.8 Å². The van der Waals surface area contributed by atoms with Crippen LogP contribution in [-0.4, -0.2) is 32.4 Å². The Bertz CT molecular complexity index is 403. The minimum atomic E-state index is -1.38. The van der Waals surface area contributed by atoms with E-state index in [2.05, 4.69) is 5.32 Å². The van der Waals surface area contributed by atoms with Gasteiger partial charge in [-0.3, -0.25) is 0 Å². The fourth-order valence-corrected chi connectivity index (χ4v) is 2.41. The van der Waals surface area contributed by atoms with Gasteiger partial charge >= 0.3 is 0 Å². The van der Waals surface area contributed by atoms with Crippen LogP contribution in [0.3, 0.4) is 0 Å². The lowest BCUT2D eigenvalue weighted by molar-refractivity contribution is 0.0474. The first-order valence-electron chi connectivity index (χ1n) is 6.85. The van der Waals surface area contributed by atoms with Crippen molar-refractivity contribution in [3.05, 3.63) is 29.8 Å². The zero-order valence-electron chi connectivity index (χ0n) is 11.6. The maximum absolute atomic E-state index is 14.9. The highest BCUT2D eigenvalue weighted by Crippen LogP contribution is 2.33.